The zero-order valence-electron chi connectivity index (χ0n) is 15.6. The standard InChI is InChI=1S/C19H22N4O2S2/c1-4-7-13-10-16(24)22-19(20-13)26-11-17(25)23(3)12(2)18-21-14-8-5-6-9-15(14)27-18/h5-6,8-10,12H,4,7,11H2,1-3H3,(H,20,22,24)/t12-/m0/s1. The molecule has 0 saturated heterocycles. The highest BCUT2D eigenvalue weighted by Gasteiger charge is 2.21. The highest BCUT2D eigenvalue weighted by molar-refractivity contribution is 7.99. The third-order valence-corrected chi connectivity index (χ3v) is 6.32. The Kier molecular flexibility index (Phi) is 6.28. The first kappa shape index (κ1) is 19.6. The SMILES string of the molecule is CCCc1cc(=O)[nH]c(SCC(=O)N(C)[C@@H](C)c2nc3ccccc3s2)n1. The number of benzene rings is 1. The van der Waals surface area contributed by atoms with Gasteiger partial charge in [-0.05, 0) is 25.5 Å². The third kappa shape index (κ3) is 4.75. The van der Waals surface area contributed by atoms with Crippen LogP contribution in [0, 0.1) is 0 Å². The summed E-state index contributed by atoms with van der Waals surface area (Å²) >= 11 is 2.86. The number of rotatable bonds is 7. The fraction of sp³-hybridized carbons (Fsp3) is 0.368. The van der Waals surface area contributed by atoms with Crippen molar-refractivity contribution in [2.75, 3.05) is 12.8 Å². The van der Waals surface area contributed by atoms with Crippen LogP contribution >= 0.6 is 23.1 Å². The Bertz CT molecular complexity index is 966. The van der Waals surface area contributed by atoms with Gasteiger partial charge in [0.25, 0.3) is 5.56 Å². The first-order chi connectivity index (χ1) is 13.0. The van der Waals surface area contributed by atoms with Crippen molar-refractivity contribution in [1.29, 1.82) is 0 Å². The normalized spacial score (nSPS) is 12.3. The molecule has 2 aromatic heterocycles. The van der Waals surface area contributed by atoms with Crippen molar-refractivity contribution >= 4 is 39.2 Å². The van der Waals surface area contributed by atoms with Gasteiger partial charge in [0.1, 0.15) is 5.01 Å². The molecular weight excluding hydrogens is 380 g/mol. The zero-order chi connectivity index (χ0) is 19.4. The highest BCUT2D eigenvalue weighted by atomic mass is 32.2. The van der Waals surface area contributed by atoms with E-state index in [-0.39, 0.29) is 23.3 Å². The Morgan fingerprint density at radius 3 is 2.85 bits per heavy atom. The minimum atomic E-state index is -0.181. The van der Waals surface area contributed by atoms with Crippen molar-refractivity contribution < 1.29 is 4.79 Å². The van der Waals surface area contributed by atoms with Crippen LogP contribution in [0.5, 0.6) is 0 Å². The van der Waals surface area contributed by atoms with Gasteiger partial charge in [-0.3, -0.25) is 9.59 Å². The fourth-order valence-electron chi connectivity index (χ4n) is 2.62. The van der Waals surface area contributed by atoms with Crippen LogP contribution in [0.3, 0.4) is 0 Å². The maximum atomic E-state index is 12.6. The molecule has 2 heterocycles. The first-order valence-electron chi connectivity index (χ1n) is 8.82. The first-order valence-corrected chi connectivity index (χ1v) is 10.6. The molecule has 8 heteroatoms. The van der Waals surface area contributed by atoms with Crippen LogP contribution in [-0.4, -0.2) is 38.6 Å². The molecule has 3 aromatic rings. The summed E-state index contributed by atoms with van der Waals surface area (Å²) in [4.78, 5) is 37.8. The second-order valence-electron chi connectivity index (χ2n) is 6.28. The number of nitrogens with one attached hydrogen (secondary N) is 1. The van der Waals surface area contributed by atoms with Gasteiger partial charge in [-0.15, -0.1) is 11.3 Å². The van der Waals surface area contributed by atoms with E-state index in [1.807, 2.05) is 38.1 Å². The van der Waals surface area contributed by atoms with E-state index in [2.05, 4.69) is 15.0 Å². The van der Waals surface area contributed by atoms with Gasteiger partial charge in [0.2, 0.25) is 5.91 Å². The van der Waals surface area contributed by atoms with Gasteiger partial charge < -0.3 is 9.88 Å². The molecule has 0 aliphatic carbocycles. The summed E-state index contributed by atoms with van der Waals surface area (Å²) in [5.41, 5.74) is 1.53. The molecule has 0 radical (unpaired) electrons. The van der Waals surface area contributed by atoms with Gasteiger partial charge in [0.15, 0.2) is 5.16 Å². The number of H-pyrrole nitrogens is 1. The Morgan fingerprint density at radius 2 is 2.11 bits per heavy atom. The molecule has 1 atom stereocenters. The summed E-state index contributed by atoms with van der Waals surface area (Å²) in [6.07, 6.45) is 1.67. The van der Waals surface area contributed by atoms with Crippen LogP contribution in [0.4, 0.5) is 0 Å². The molecule has 0 unspecified atom stereocenters. The van der Waals surface area contributed by atoms with Crippen molar-refractivity contribution in [2.24, 2.45) is 0 Å². The number of para-hydroxylation sites is 1. The van der Waals surface area contributed by atoms with Crippen molar-refractivity contribution in [3.05, 3.63) is 51.4 Å². The number of thioether (sulfide) groups is 1. The maximum absolute atomic E-state index is 12.6. The molecule has 0 fully saturated rings. The largest absolute Gasteiger partial charge is 0.336 e. The summed E-state index contributed by atoms with van der Waals surface area (Å²) in [7, 11) is 1.78. The van der Waals surface area contributed by atoms with E-state index in [9.17, 15) is 9.59 Å². The number of carbonyl (C=O) groups is 1. The molecule has 3 rings (SSSR count). The van der Waals surface area contributed by atoms with Crippen molar-refractivity contribution in [2.45, 2.75) is 37.9 Å². The molecule has 1 N–H and O–H groups in total. The van der Waals surface area contributed by atoms with E-state index in [4.69, 9.17) is 0 Å². The van der Waals surface area contributed by atoms with Crippen LogP contribution in [0.2, 0.25) is 0 Å². The Hall–Kier alpha value is -2.19. The summed E-state index contributed by atoms with van der Waals surface area (Å²) in [6.45, 7) is 4.01. The van der Waals surface area contributed by atoms with Gasteiger partial charge >= 0.3 is 0 Å². The number of hydrogen-bond acceptors (Lipinski definition) is 6. The number of carbonyl (C=O) groups excluding carboxylic acids is 1. The number of aromatic nitrogens is 3. The number of aromatic amines is 1. The second kappa shape index (κ2) is 8.67. The minimum absolute atomic E-state index is 0.0321. The van der Waals surface area contributed by atoms with E-state index in [0.29, 0.717) is 5.16 Å². The average molecular weight is 403 g/mol. The lowest BCUT2D eigenvalue weighted by Crippen LogP contribution is -2.31. The number of aryl methyl sites for hydroxylation is 1. The molecule has 0 aliphatic heterocycles. The average Bonchev–Trinajstić information content (AvgIpc) is 3.09. The number of nitrogens with zero attached hydrogens (tertiary/aromatic N) is 3. The summed E-state index contributed by atoms with van der Waals surface area (Å²) < 4.78 is 1.11. The number of thiazole rings is 1. The van der Waals surface area contributed by atoms with E-state index >= 15 is 0 Å². The smallest absolute Gasteiger partial charge is 0.251 e. The third-order valence-electron chi connectivity index (χ3n) is 4.25. The maximum Gasteiger partial charge on any atom is 0.251 e. The summed E-state index contributed by atoms with van der Waals surface area (Å²) in [5, 5.41) is 1.40. The zero-order valence-corrected chi connectivity index (χ0v) is 17.2. The van der Waals surface area contributed by atoms with Gasteiger partial charge in [-0.2, -0.15) is 0 Å². The second-order valence-corrected chi connectivity index (χ2v) is 8.31. The highest BCUT2D eigenvalue weighted by Crippen LogP contribution is 2.29. The van der Waals surface area contributed by atoms with Crippen molar-refractivity contribution in [1.82, 2.24) is 19.9 Å². The lowest BCUT2D eigenvalue weighted by Gasteiger charge is -2.23. The fourth-order valence-corrected chi connectivity index (χ4v) is 4.50. The molecule has 1 aromatic carbocycles. The predicted molar refractivity (Wildman–Crippen MR) is 110 cm³/mol. The van der Waals surface area contributed by atoms with Crippen LogP contribution in [0.25, 0.3) is 10.2 Å². The number of fused-ring (bicyclic) bond motifs is 1. The molecule has 6 nitrogen and oxygen atoms in total. The Balaban J connectivity index is 1.65. The van der Waals surface area contributed by atoms with E-state index < -0.39 is 0 Å². The van der Waals surface area contributed by atoms with Gasteiger partial charge in [0.05, 0.1) is 22.0 Å². The monoisotopic (exact) mass is 402 g/mol. The molecule has 0 aliphatic rings. The van der Waals surface area contributed by atoms with E-state index in [1.54, 1.807) is 23.3 Å². The van der Waals surface area contributed by atoms with Gasteiger partial charge in [0, 0.05) is 18.8 Å². The topological polar surface area (TPSA) is 79.0 Å². The van der Waals surface area contributed by atoms with E-state index in [1.165, 1.54) is 17.8 Å². The molecule has 142 valence electrons. The lowest BCUT2D eigenvalue weighted by atomic mass is 10.2. The van der Waals surface area contributed by atoms with Gasteiger partial charge in [-0.25, -0.2) is 9.97 Å². The Morgan fingerprint density at radius 1 is 1.33 bits per heavy atom. The quantitative estimate of drug-likeness (QED) is 0.482. The minimum Gasteiger partial charge on any atom is -0.336 e. The Labute approximate surface area is 166 Å². The van der Waals surface area contributed by atoms with Crippen LogP contribution < -0.4 is 5.56 Å². The van der Waals surface area contributed by atoms with E-state index in [0.717, 1.165) is 33.8 Å². The molecular formula is C19H22N4O2S2. The molecule has 0 bridgehead atoms. The summed E-state index contributed by atoms with van der Waals surface area (Å²) in [6, 6.07) is 9.35. The van der Waals surface area contributed by atoms with Crippen molar-refractivity contribution in [3.8, 4) is 0 Å². The number of amides is 1. The van der Waals surface area contributed by atoms with Crippen molar-refractivity contribution in [3.63, 3.8) is 0 Å². The molecule has 27 heavy (non-hydrogen) atoms. The van der Waals surface area contributed by atoms with Crippen LogP contribution in [-0.2, 0) is 11.2 Å². The molecule has 0 spiro atoms. The van der Waals surface area contributed by atoms with Crippen LogP contribution in [0.15, 0.2) is 40.3 Å². The van der Waals surface area contributed by atoms with Crippen LogP contribution in [0.1, 0.15) is 37.0 Å². The number of hydrogen-bond donors (Lipinski definition) is 1. The van der Waals surface area contributed by atoms with Gasteiger partial charge in [-0.1, -0.05) is 37.2 Å². The lowest BCUT2D eigenvalue weighted by molar-refractivity contribution is -0.128. The molecule has 1 amide bonds. The predicted octanol–water partition coefficient (Wildman–Crippen LogP) is 3.64. The summed E-state index contributed by atoms with van der Waals surface area (Å²) in [5.74, 6) is 0.180. The molecule has 0 saturated carbocycles.